The lowest BCUT2D eigenvalue weighted by Gasteiger charge is -2.15. The van der Waals surface area contributed by atoms with Gasteiger partial charge in [-0.25, -0.2) is 24.3 Å². The van der Waals surface area contributed by atoms with E-state index < -0.39 is 0 Å². The van der Waals surface area contributed by atoms with Gasteiger partial charge in [-0.05, 0) is 78.6 Å². The van der Waals surface area contributed by atoms with Crippen molar-refractivity contribution >= 4 is 28.0 Å². The molecule has 0 spiro atoms. The van der Waals surface area contributed by atoms with Crippen molar-refractivity contribution in [3.63, 3.8) is 0 Å². The van der Waals surface area contributed by atoms with Crippen LogP contribution in [0.15, 0.2) is 91.4 Å². The second-order valence-electron chi connectivity index (χ2n) is 9.63. The van der Waals surface area contributed by atoms with Crippen molar-refractivity contribution in [3.8, 4) is 22.9 Å². The number of nitrogens with two attached hydrogens (primary N) is 1. The lowest BCUT2D eigenvalue weighted by Crippen LogP contribution is -2.09. The third-order valence-corrected chi connectivity index (χ3v) is 7.41. The minimum absolute atomic E-state index is 0.138. The van der Waals surface area contributed by atoms with Crippen LogP contribution in [-0.4, -0.2) is 44.3 Å². The molecule has 0 fully saturated rings. The second kappa shape index (κ2) is 8.32. The van der Waals surface area contributed by atoms with Crippen LogP contribution in [0.25, 0.3) is 45.1 Å². The molecule has 1 atom stereocenters. The second-order valence-corrected chi connectivity index (χ2v) is 9.63. The maximum absolute atomic E-state index is 6.32. The standard InChI is InChI=1S/C29H22N10/c30-27-21(5-3-14-31-27)28-33-23-11-13-26(37-16-4-15-32-37)34-29(23)38(28)19-9-10-20-18(17-19)8-12-24(20)39-25-7-2-1-6-22(25)35-36-39/h1-7,9-11,13-17,24H,8,12H2,(H2,30,31). The number of nitrogen functional groups attached to an aromatic ring is 1. The largest absolute Gasteiger partial charge is 0.383 e. The third kappa shape index (κ3) is 3.35. The Morgan fingerprint density at radius 1 is 0.872 bits per heavy atom. The van der Waals surface area contributed by atoms with Gasteiger partial charge in [0, 0.05) is 24.3 Å². The molecule has 0 saturated carbocycles. The average Bonchev–Trinajstić information content (AvgIpc) is 3.77. The van der Waals surface area contributed by atoms with Crippen LogP contribution in [0.2, 0.25) is 0 Å². The van der Waals surface area contributed by atoms with Gasteiger partial charge < -0.3 is 5.73 Å². The van der Waals surface area contributed by atoms with Crippen molar-refractivity contribution in [2.24, 2.45) is 0 Å². The third-order valence-electron chi connectivity index (χ3n) is 7.41. The molecular formula is C29H22N10. The topological polar surface area (TPSA) is 118 Å². The first-order valence-electron chi connectivity index (χ1n) is 12.8. The van der Waals surface area contributed by atoms with E-state index in [9.17, 15) is 0 Å². The highest BCUT2D eigenvalue weighted by Crippen LogP contribution is 2.38. The SMILES string of the molecule is Nc1ncccc1-c1nc2ccc(-n3cccn3)nc2n1-c1ccc2c(c1)CCC2n1nnc2ccccc21. The number of hydrogen-bond donors (Lipinski definition) is 1. The summed E-state index contributed by atoms with van der Waals surface area (Å²) in [6, 6.07) is 24.3. The molecule has 0 saturated heterocycles. The van der Waals surface area contributed by atoms with Crippen molar-refractivity contribution in [3.05, 3.63) is 103 Å². The van der Waals surface area contributed by atoms with E-state index >= 15 is 0 Å². The fourth-order valence-electron chi connectivity index (χ4n) is 5.60. The van der Waals surface area contributed by atoms with E-state index in [4.69, 9.17) is 15.7 Å². The van der Waals surface area contributed by atoms with E-state index in [1.165, 1.54) is 11.1 Å². The molecule has 1 unspecified atom stereocenters. The van der Waals surface area contributed by atoms with Gasteiger partial charge in [-0.15, -0.1) is 5.10 Å². The van der Waals surface area contributed by atoms with Gasteiger partial charge in [0.25, 0.3) is 0 Å². The van der Waals surface area contributed by atoms with Crippen LogP contribution in [0.5, 0.6) is 0 Å². The smallest absolute Gasteiger partial charge is 0.167 e. The summed E-state index contributed by atoms with van der Waals surface area (Å²) in [6.45, 7) is 0. The molecule has 0 amide bonds. The van der Waals surface area contributed by atoms with Crippen molar-refractivity contribution in [2.45, 2.75) is 18.9 Å². The molecule has 1 aliphatic carbocycles. The van der Waals surface area contributed by atoms with E-state index in [-0.39, 0.29) is 6.04 Å². The summed E-state index contributed by atoms with van der Waals surface area (Å²) in [7, 11) is 0. The molecular weight excluding hydrogens is 488 g/mol. The lowest BCUT2D eigenvalue weighted by molar-refractivity contribution is 0.518. The first-order valence-corrected chi connectivity index (χ1v) is 12.8. The molecule has 39 heavy (non-hydrogen) atoms. The van der Waals surface area contributed by atoms with Crippen LogP contribution < -0.4 is 5.73 Å². The van der Waals surface area contributed by atoms with Gasteiger partial charge in [0.1, 0.15) is 16.9 Å². The first kappa shape index (κ1) is 21.7. The van der Waals surface area contributed by atoms with Gasteiger partial charge in [-0.2, -0.15) is 5.10 Å². The Morgan fingerprint density at radius 3 is 2.72 bits per heavy atom. The highest BCUT2D eigenvalue weighted by atomic mass is 15.4. The average molecular weight is 511 g/mol. The Morgan fingerprint density at radius 2 is 1.82 bits per heavy atom. The number of hydrogen-bond acceptors (Lipinski definition) is 7. The molecule has 0 aliphatic heterocycles. The highest BCUT2D eigenvalue weighted by molar-refractivity contribution is 5.83. The van der Waals surface area contributed by atoms with E-state index in [2.05, 4.69) is 49.2 Å². The van der Waals surface area contributed by atoms with E-state index in [1.807, 2.05) is 59.4 Å². The highest BCUT2D eigenvalue weighted by Gasteiger charge is 2.27. The number of anilines is 1. The molecule has 0 radical (unpaired) electrons. The maximum Gasteiger partial charge on any atom is 0.167 e. The Balaban J connectivity index is 1.31. The number of aryl methyl sites for hydroxylation is 1. The van der Waals surface area contributed by atoms with Crippen LogP contribution in [0.3, 0.4) is 0 Å². The van der Waals surface area contributed by atoms with Gasteiger partial charge >= 0.3 is 0 Å². The monoisotopic (exact) mass is 510 g/mol. The minimum Gasteiger partial charge on any atom is -0.383 e. The molecule has 5 heterocycles. The Bertz CT molecular complexity index is 2000. The normalized spacial score (nSPS) is 14.8. The fraction of sp³-hybridized carbons (Fsp3) is 0.103. The van der Waals surface area contributed by atoms with E-state index in [0.29, 0.717) is 17.5 Å². The van der Waals surface area contributed by atoms with Crippen LogP contribution >= 0.6 is 0 Å². The van der Waals surface area contributed by atoms with Gasteiger partial charge in [0.05, 0.1) is 17.1 Å². The van der Waals surface area contributed by atoms with E-state index in [0.717, 1.165) is 46.3 Å². The number of fused-ring (bicyclic) bond motifs is 3. The number of pyridine rings is 2. The molecule has 10 nitrogen and oxygen atoms in total. The molecule has 5 aromatic heterocycles. The zero-order chi connectivity index (χ0) is 25.9. The molecule has 1 aliphatic rings. The summed E-state index contributed by atoms with van der Waals surface area (Å²) in [5, 5.41) is 13.2. The zero-order valence-corrected chi connectivity index (χ0v) is 20.8. The number of para-hydroxylation sites is 1. The Labute approximate surface area is 222 Å². The summed E-state index contributed by atoms with van der Waals surface area (Å²) >= 11 is 0. The summed E-state index contributed by atoms with van der Waals surface area (Å²) in [6.07, 6.45) is 7.19. The van der Waals surface area contributed by atoms with Crippen LogP contribution in [0, 0.1) is 0 Å². The quantitative estimate of drug-likeness (QED) is 0.370. The van der Waals surface area contributed by atoms with Gasteiger partial charge in [-0.1, -0.05) is 23.4 Å². The molecule has 188 valence electrons. The summed E-state index contributed by atoms with van der Waals surface area (Å²) in [4.78, 5) is 14.2. The molecule has 2 aromatic carbocycles. The number of benzene rings is 2. The van der Waals surface area contributed by atoms with E-state index in [1.54, 1.807) is 17.1 Å². The number of imidazole rings is 1. The van der Waals surface area contributed by atoms with Gasteiger partial charge in [-0.3, -0.25) is 4.57 Å². The lowest BCUT2D eigenvalue weighted by atomic mass is 10.1. The fourth-order valence-corrected chi connectivity index (χ4v) is 5.60. The summed E-state index contributed by atoms with van der Waals surface area (Å²) < 4.78 is 5.85. The first-order chi connectivity index (χ1) is 19.2. The van der Waals surface area contributed by atoms with Gasteiger partial charge in [0.2, 0.25) is 0 Å². The number of aromatic nitrogens is 9. The Hall–Kier alpha value is -5.38. The number of nitrogens with zero attached hydrogens (tertiary/aromatic N) is 9. The molecule has 10 heteroatoms. The summed E-state index contributed by atoms with van der Waals surface area (Å²) in [5.74, 6) is 1.82. The molecule has 7 aromatic rings. The van der Waals surface area contributed by atoms with Crippen molar-refractivity contribution in [2.75, 3.05) is 5.73 Å². The van der Waals surface area contributed by atoms with Crippen molar-refractivity contribution in [1.29, 1.82) is 0 Å². The molecule has 2 N–H and O–H groups in total. The minimum atomic E-state index is 0.138. The predicted molar refractivity (Wildman–Crippen MR) is 148 cm³/mol. The van der Waals surface area contributed by atoms with Crippen molar-refractivity contribution < 1.29 is 0 Å². The maximum atomic E-state index is 6.32. The molecule has 0 bridgehead atoms. The van der Waals surface area contributed by atoms with Crippen LogP contribution in [-0.2, 0) is 6.42 Å². The summed E-state index contributed by atoms with van der Waals surface area (Å²) in [5.41, 5.74) is 14.0. The predicted octanol–water partition coefficient (Wildman–Crippen LogP) is 4.53. The van der Waals surface area contributed by atoms with Gasteiger partial charge in [0.15, 0.2) is 17.3 Å². The van der Waals surface area contributed by atoms with Crippen LogP contribution in [0.4, 0.5) is 5.82 Å². The molecule has 8 rings (SSSR count). The van der Waals surface area contributed by atoms with Crippen molar-refractivity contribution in [1.82, 2.24) is 44.3 Å². The number of rotatable bonds is 4. The van der Waals surface area contributed by atoms with Crippen LogP contribution in [0.1, 0.15) is 23.6 Å². The zero-order valence-electron chi connectivity index (χ0n) is 20.8. The Kier molecular flexibility index (Phi) is 4.62.